The third-order valence-corrected chi connectivity index (χ3v) is 2.96. The van der Waals surface area contributed by atoms with Crippen LogP contribution in [0.4, 0.5) is 8.78 Å². The number of fused-ring (bicyclic) bond motifs is 1. The molecule has 0 radical (unpaired) electrons. The third-order valence-electron chi connectivity index (χ3n) is 2.43. The first-order valence-electron chi connectivity index (χ1n) is 4.63. The second-order valence-electron chi connectivity index (χ2n) is 3.78. The van der Waals surface area contributed by atoms with Gasteiger partial charge in [-0.1, -0.05) is 13.8 Å². The van der Waals surface area contributed by atoms with E-state index in [0.29, 0.717) is 16.6 Å². The highest BCUT2D eigenvalue weighted by Crippen LogP contribution is 2.31. The first-order valence-corrected chi connectivity index (χ1v) is 5.36. The molecular formula is C10H10F2N2S. The van der Waals surface area contributed by atoms with Gasteiger partial charge in [-0.15, -0.1) is 0 Å². The molecule has 0 saturated heterocycles. The molecule has 0 saturated carbocycles. The quantitative estimate of drug-likeness (QED) is 0.747. The molecule has 0 bridgehead atoms. The van der Waals surface area contributed by atoms with E-state index in [1.165, 1.54) is 6.92 Å². The van der Waals surface area contributed by atoms with E-state index in [1.807, 2.05) is 13.8 Å². The average molecular weight is 228 g/mol. The fraction of sp³-hybridized carbons (Fsp3) is 0.400. The van der Waals surface area contributed by atoms with Gasteiger partial charge in [0.25, 0.3) is 0 Å². The Morgan fingerprint density at radius 3 is 2.27 bits per heavy atom. The summed E-state index contributed by atoms with van der Waals surface area (Å²) in [6.07, 6.45) is 0. The highest BCUT2D eigenvalue weighted by molar-refractivity contribution is 7.00. The van der Waals surface area contributed by atoms with Crippen LogP contribution < -0.4 is 0 Å². The zero-order chi connectivity index (χ0) is 11.2. The lowest BCUT2D eigenvalue weighted by Gasteiger charge is -2.09. The van der Waals surface area contributed by atoms with Crippen LogP contribution in [0.5, 0.6) is 0 Å². The lowest BCUT2D eigenvalue weighted by molar-refractivity contribution is 0.492. The van der Waals surface area contributed by atoms with Crippen LogP contribution in [0.3, 0.4) is 0 Å². The minimum Gasteiger partial charge on any atom is -0.203 e. The zero-order valence-electron chi connectivity index (χ0n) is 8.64. The monoisotopic (exact) mass is 228 g/mol. The van der Waals surface area contributed by atoms with Gasteiger partial charge >= 0.3 is 0 Å². The van der Waals surface area contributed by atoms with Crippen molar-refractivity contribution in [3.05, 3.63) is 22.8 Å². The summed E-state index contributed by atoms with van der Waals surface area (Å²) in [6, 6.07) is 0. The van der Waals surface area contributed by atoms with Gasteiger partial charge in [0.05, 0.1) is 11.7 Å². The molecule has 2 aromatic rings. The number of rotatable bonds is 1. The van der Waals surface area contributed by atoms with E-state index >= 15 is 0 Å². The number of aryl methyl sites for hydroxylation is 1. The molecule has 0 aliphatic rings. The highest BCUT2D eigenvalue weighted by Gasteiger charge is 2.21. The lowest BCUT2D eigenvalue weighted by atomic mass is 9.98. The van der Waals surface area contributed by atoms with Crippen LogP contribution in [0.15, 0.2) is 0 Å². The van der Waals surface area contributed by atoms with E-state index in [1.54, 1.807) is 0 Å². The number of hydrogen-bond donors (Lipinski definition) is 0. The molecule has 1 aromatic heterocycles. The largest absolute Gasteiger partial charge is 0.203 e. The second-order valence-corrected chi connectivity index (χ2v) is 4.31. The van der Waals surface area contributed by atoms with Gasteiger partial charge in [-0.3, -0.25) is 0 Å². The minimum atomic E-state index is -0.807. The van der Waals surface area contributed by atoms with Gasteiger partial charge in [0, 0.05) is 11.1 Å². The summed E-state index contributed by atoms with van der Waals surface area (Å²) in [7, 11) is 0. The van der Waals surface area contributed by atoms with Crippen LogP contribution in [0.2, 0.25) is 0 Å². The van der Waals surface area contributed by atoms with Gasteiger partial charge in [0.15, 0.2) is 11.6 Å². The fourth-order valence-electron chi connectivity index (χ4n) is 1.63. The molecule has 1 aromatic carbocycles. The van der Waals surface area contributed by atoms with Crippen molar-refractivity contribution in [3.8, 4) is 0 Å². The maximum atomic E-state index is 13.7. The van der Waals surface area contributed by atoms with Crippen molar-refractivity contribution in [3.63, 3.8) is 0 Å². The summed E-state index contributed by atoms with van der Waals surface area (Å²) in [5, 5.41) is 0. The van der Waals surface area contributed by atoms with Crippen LogP contribution in [-0.4, -0.2) is 8.75 Å². The maximum Gasteiger partial charge on any atom is 0.164 e. The van der Waals surface area contributed by atoms with E-state index in [2.05, 4.69) is 8.75 Å². The Morgan fingerprint density at radius 2 is 1.67 bits per heavy atom. The number of aromatic nitrogens is 2. The molecule has 2 nitrogen and oxygen atoms in total. The lowest BCUT2D eigenvalue weighted by Crippen LogP contribution is -2.01. The predicted octanol–water partition coefficient (Wildman–Crippen LogP) is 3.40. The van der Waals surface area contributed by atoms with E-state index in [4.69, 9.17) is 0 Å². The van der Waals surface area contributed by atoms with Crippen molar-refractivity contribution in [2.45, 2.75) is 26.7 Å². The van der Waals surface area contributed by atoms with Crippen molar-refractivity contribution < 1.29 is 8.78 Å². The molecule has 0 atom stereocenters. The average Bonchev–Trinajstić information content (AvgIpc) is 2.62. The van der Waals surface area contributed by atoms with E-state index in [9.17, 15) is 8.78 Å². The normalized spacial score (nSPS) is 11.6. The van der Waals surface area contributed by atoms with Crippen LogP contribution in [0, 0.1) is 18.6 Å². The molecule has 0 spiro atoms. The van der Waals surface area contributed by atoms with Crippen molar-refractivity contribution in [1.29, 1.82) is 0 Å². The third kappa shape index (κ3) is 1.42. The Labute approximate surface area is 90.3 Å². The minimum absolute atomic E-state index is 0.105. The molecule has 0 fully saturated rings. The van der Waals surface area contributed by atoms with E-state index in [0.717, 1.165) is 11.7 Å². The number of halogens is 2. The molecule has 0 amide bonds. The summed E-state index contributed by atoms with van der Waals surface area (Å²) < 4.78 is 35.2. The van der Waals surface area contributed by atoms with Gasteiger partial charge < -0.3 is 0 Å². The standard InChI is InChI=1S/C10H10F2N2S/c1-4(2)6-8(12)7(11)5(3)9-10(6)14-15-13-9/h4H,1-3H3. The summed E-state index contributed by atoms with van der Waals surface area (Å²) in [4.78, 5) is 0. The van der Waals surface area contributed by atoms with Gasteiger partial charge in [-0.2, -0.15) is 8.75 Å². The van der Waals surface area contributed by atoms with E-state index < -0.39 is 11.6 Å². The molecule has 0 unspecified atom stereocenters. The Bertz CT molecular complexity index is 520. The Kier molecular flexibility index (Phi) is 2.42. The van der Waals surface area contributed by atoms with Gasteiger partial charge in [-0.25, -0.2) is 8.78 Å². The first-order chi connectivity index (χ1) is 7.04. The molecule has 2 rings (SSSR count). The first kappa shape index (κ1) is 10.4. The van der Waals surface area contributed by atoms with Crippen LogP contribution in [0.1, 0.15) is 30.9 Å². The maximum absolute atomic E-state index is 13.7. The van der Waals surface area contributed by atoms with Crippen LogP contribution in [-0.2, 0) is 0 Å². The molecule has 0 aliphatic carbocycles. The summed E-state index contributed by atoms with van der Waals surface area (Å²) in [5.74, 6) is -1.70. The zero-order valence-corrected chi connectivity index (χ0v) is 9.45. The predicted molar refractivity (Wildman–Crippen MR) is 56.2 cm³/mol. The van der Waals surface area contributed by atoms with Crippen molar-refractivity contribution in [2.24, 2.45) is 0 Å². The molecular weight excluding hydrogens is 218 g/mol. The second kappa shape index (κ2) is 3.48. The number of benzene rings is 1. The summed E-state index contributed by atoms with van der Waals surface area (Å²) in [6.45, 7) is 5.14. The summed E-state index contributed by atoms with van der Waals surface area (Å²) in [5.41, 5.74) is 1.52. The Hall–Kier alpha value is -1.10. The molecule has 0 aliphatic heterocycles. The van der Waals surface area contributed by atoms with E-state index in [-0.39, 0.29) is 11.5 Å². The Morgan fingerprint density at radius 1 is 1.07 bits per heavy atom. The van der Waals surface area contributed by atoms with Gasteiger partial charge in [0.1, 0.15) is 11.0 Å². The SMILES string of the molecule is Cc1c(F)c(F)c(C(C)C)c2nsnc12. The van der Waals surface area contributed by atoms with Crippen LogP contribution >= 0.6 is 11.7 Å². The highest BCUT2D eigenvalue weighted by atomic mass is 32.1. The molecule has 1 heterocycles. The van der Waals surface area contributed by atoms with Crippen molar-refractivity contribution >= 4 is 22.8 Å². The molecule has 80 valence electrons. The Balaban J connectivity index is 2.94. The fourth-order valence-corrected chi connectivity index (χ4v) is 2.24. The van der Waals surface area contributed by atoms with Gasteiger partial charge in [-0.05, 0) is 12.8 Å². The van der Waals surface area contributed by atoms with Gasteiger partial charge in [0.2, 0.25) is 0 Å². The molecule has 15 heavy (non-hydrogen) atoms. The molecule has 5 heteroatoms. The number of hydrogen-bond acceptors (Lipinski definition) is 3. The summed E-state index contributed by atoms with van der Waals surface area (Å²) >= 11 is 0.983. The smallest absolute Gasteiger partial charge is 0.164 e. The van der Waals surface area contributed by atoms with Crippen molar-refractivity contribution in [1.82, 2.24) is 8.75 Å². The molecule has 0 N–H and O–H groups in total. The van der Waals surface area contributed by atoms with Crippen LogP contribution in [0.25, 0.3) is 11.0 Å². The number of nitrogens with zero attached hydrogens (tertiary/aromatic N) is 2. The topological polar surface area (TPSA) is 25.8 Å². The van der Waals surface area contributed by atoms with Crippen molar-refractivity contribution in [2.75, 3.05) is 0 Å².